The van der Waals surface area contributed by atoms with Crippen LogP contribution in [0.25, 0.3) is 0 Å². The molecule has 0 aromatic heterocycles. The summed E-state index contributed by atoms with van der Waals surface area (Å²) in [5.74, 6) is -0.308. The van der Waals surface area contributed by atoms with E-state index in [4.69, 9.17) is 17.0 Å². The van der Waals surface area contributed by atoms with Crippen LogP contribution in [0.3, 0.4) is 0 Å². The molecule has 0 saturated carbocycles. The SMILES string of the molecule is C[C@@H](NC(=S)NC(CCc1ccccc1)OC(=O)C(C)(C)C)c1ccc(NS(C)(=O)=O)cc1. The van der Waals surface area contributed by atoms with Crippen molar-refractivity contribution in [2.24, 2.45) is 5.41 Å². The number of carbonyl (C=O) groups is 1. The molecule has 0 saturated heterocycles. The van der Waals surface area contributed by atoms with Gasteiger partial charge in [-0.2, -0.15) is 0 Å². The van der Waals surface area contributed by atoms with Gasteiger partial charge in [0.15, 0.2) is 11.3 Å². The maximum Gasteiger partial charge on any atom is 0.313 e. The van der Waals surface area contributed by atoms with Gasteiger partial charge in [0.2, 0.25) is 10.0 Å². The fourth-order valence-electron chi connectivity index (χ4n) is 2.93. The number of hydrogen-bond acceptors (Lipinski definition) is 5. The van der Waals surface area contributed by atoms with E-state index in [1.54, 1.807) is 12.1 Å². The lowest BCUT2D eigenvalue weighted by Gasteiger charge is -2.26. The molecule has 7 nitrogen and oxygen atoms in total. The lowest BCUT2D eigenvalue weighted by Crippen LogP contribution is -2.46. The fourth-order valence-corrected chi connectivity index (χ4v) is 3.80. The number of esters is 1. The van der Waals surface area contributed by atoms with Crippen LogP contribution in [-0.2, 0) is 26.0 Å². The van der Waals surface area contributed by atoms with Crippen LogP contribution in [0.15, 0.2) is 54.6 Å². The number of nitrogens with one attached hydrogen (secondary N) is 3. The highest BCUT2D eigenvalue weighted by Crippen LogP contribution is 2.19. The highest BCUT2D eigenvalue weighted by atomic mass is 32.2. The molecule has 9 heteroatoms. The molecule has 0 radical (unpaired) electrons. The monoisotopic (exact) mass is 491 g/mol. The van der Waals surface area contributed by atoms with Crippen LogP contribution in [0.5, 0.6) is 0 Å². The third-order valence-corrected chi connectivity index (χ3v) is 5.60. The summed E-state index contributed by atoms with van der Waals surface area (Å²) in [4.78, 5) is 12.5. The topological polar surface area (TPSA) is 96.5 Å². The predicted octanol–water partition coefficient (Wildman–Crippen LogP) is 4.13. The summed E-state index contributed by atoms with van der Waals surface area (Å²) in [6.07, 6.45) is 1.82. The van der Waals surface area contributed by atoms with E-state index in [1.807, 2.05) is 70.2 Å². The highest BCUT2D eigenvalue weighted by Gasteiger charge is 2.27. The summed E-state index contributed by atoms with van der Waals surface area (Å²) < 4.78 is 30.9. The van der Waals surface area contributed by atoms with E-state index in [2.05, 4.69) is 15.4 Å². The molecule has 2 aromatic rings. The van der Waals surface area contributed by atoms with Gasteiger partial charge in [-0.15, -0.1) is 0 Å². The number of hydrogen-bond donors (Lipinski definition) is 3. The van der Waals surface area contributed by atoms with Crippen molar-refractivity contribution < 1.29 is 17.9 Å². The van der Waals surface area contributed by atoms with Crippen molar-refractivity contribution in [3.63, 3.8) is 0 Å². The number of aryl methyl sites for hydroxylation is 1. The van der Waals surface area contributed by atoms with E-state index in [-0.39, 0.29) is 12.0 Å². The molecule has 180 valence electrons. The van der Waals surface area contributed by atoms with Crippen LogP contribution in [0.1, 0.15) is 51.3 Å². The summed E-state index contributed by atoms with van der Waals surface area (Å²) in [5.41, 5.74) is 1.93. The molecule has 0 aliphatic heterocycles. The Morgan fingerprint density at radius 1 is 1.03 bits per heavy atom. The molecule has 3 N–H and O–H groups in total. The van der Waals surface area contributed by atoms with Crippen molar-refractivity contribution in [1.82, 2.24) is 10.6 Å². The Labute approximate surface area is 202 Å². The van der Waals surface area contributed by atoms with E-state index in [0.29, 0.717) is 17.2 Å². The van der Waals surface area contributed by atoms with Gasteiger partial charge in [0.1, 0.15) is 0 Å². The van der Waals surface area contributed by atoms with Gasteiger partial charge in [-0.3, -0.25) is 9.52 Å². The minimum atomic E-state index is -3.33. The van der Waals surface area contributed by atoms with Crippen LogP contribution < -0.4 is 15.4 Å². The van der Waals surface area contributed by atoms with Crippen molar-refractivity contribution in [3.05, 3.63) is 65.7 Å². The number of benzene rings is 2. The first-order valence-corrected chi connectivity index (χ1v) is 13.0. The molecule has 1 unspecified atom stereocenters. The van der Waals surface area contributed by atoms with Crippen molar-refractivity contribution in [1.29, 1.82) is 0 Å². The van der Waals surface area contributed by atoms with Crippen LogP contribution in [0.4, 0.5) is 5.69 Å². The molecule has 0 bridgehead atoms. The zero-order valence-corrected chi connectivity index (χ0v) is 21.3. The smallest absolute Gasteiger partial charge is 0.313 e. The van der Waals surface area contributed by atoms with Crippen LogP contribution in [0.2, 0.25) is 0 Å². The number of anilines is 1. The van der Waals surface area contributed by atoms with E-state index >= 15 is 0 Å². The van der Waals surface area contributed by atoms with Gasteiger partial charge >= 0.3 is 5.97 Å². The van der Waals surface area contributed by atoms with Gasteiger partial charge < -0.3 is 15.4 Å². The maximum absolute atomic E-state index is 12.5. The van der Waals surface area contributed by atoms with Crippen LogP contribution in [-0.4, -0.2) is 32.0 Å². The molecule has 33 heavy (non-hydrogen) atoms. The second-order valence-corrected chi connectivity index (χ2v) is 11.2. The molecule has 0 fully saturated rings. The highest BCUT2D eigenvalue weighted by molar-refractivity contribution is 7.92. The van der Waals surface area contributed by atoms with Gasteiger partial charge in [0, 0.05) is 12.1 Å². The molecular formula is C24H33N3O4S2. The minimum absolute atomic E-state index is 0.148. The lowest BCUT2D eigenvalue weighted by atomic mass is 9.97. The zero-order valence-electron chi connectivity index (χ0n) is 19.7. The predicted molar refractivity (Wildman–Crippen MR) is 136 cm³/mol. The minimum Gasteiger partial charge on any atom is -0.441 e. The van der Waals surface area contributed by atoms with E-state index in [9.17, 15) is 13.2 Å². The standard InChI is InChI=1S/C24H33N3O4S2/c1-17(19-12-14-20(15-13-19)27-33(5,29)30)25-23(32)26-21(31-22(28)24(2,3)4)16-11-18-9-7-6-8-10-18/h6-10,12-15,17,21,27H,11,16H2,1-5H3,(H2,25,26,32)/t17-,21?/m1/s1. The van der Waals surface area contributed by atoms with Gasteiger partial charge in [-0.05, 0) is 69.6 Å². The summed E-state index contributed by atoms with van der Waals surface area (Å²) in [6, 6.07) is 16.9. The average Bonchev–Trinajstić information content (AvgIpc) is 2.71. The fraction of sp³-hybridized carbons (Fsp3) is 0.417. The normalized spacial score (nSPS) is 13.5. The van der Waals surface area contributed by atoms with Crippen LogP contribution in [0, 0.1) is 5.41 Å². The maximum atomic E-state index is 12.5. The van der Waals surface area contributed by atoms with E-state index in [1.165, 1.54) is 0 Å². The molecule has 0 amide bonds. The summed E-state index contributed by atoms with van der Waals surface area (Å²) in [5, 5.41) is 6.68. The molecular weight excluding hydrogens is 458 g/mol. The average molecular weight is 492 g/mol. The zero-order chi connectivity index (χ0) is 24.6. The molecule has 2 rings (SSSR count). The number of thiocarbonyl (C=S) groups is 1. The second kappa shape index (κ2) is 11.5. The van der Waals surface area contributed by atoms with Crippen molar-refractivity contribution in [2.45, 2.75) is 52.8 Å². The first-order valence-electron chi connectivity index (χ1n) is 10.7. The molecule has 0 aliphatic carbocycles. The lowest BCUT2D eigenvalue weighted by molar-refractivity contribution is -0.159. The van der Waals surface area contributed by atoms with E-state index in [0.717, 1.165) is 23.8 Å². The Balaban J connectivity index is 2.00. The summed E-state index contributed by atoms with van der Waals surface area (Å²) in [6.45, 7) is 7.37. The third kappa shape index (κ3) is 9.79. The van der Waals surface area contributed by atoms with Crippen molar-refractivity contribution in [3.8, 4) is 0 Å². The first-order chi connectivity index (χ1) is 15.3. The molecule has 0 aliphatic rings. The molecule has 2 atom stereocenters. The second-order valence-electron chi connectivity index (χ2n) is 9.00. The Bertz CT molecular complexity index is 1030. The van der Waals surface area contributed by atoms with E-state index < -0.39 is 21.7 Å². The third-order valence-electron chi connectivity index (χ3n) is 4.75. The van der Waals surface area contributed by atoms with Gasteiger partial charge in [0.25, 0.3) is 0 Å². The van der Waals surface area contributed by atoms with Crippen LogP contribution >= 0.6 is 12.2 Å². The number of rotatable bonds is 9. The van der Waals surface area contributed by atoms with Gasteiger partial charge in [-0.1, -0.05) is 42.5 Å². The molecule has 2 aromatic carbocycles. The largest absolute Gasteiger partial charge is 0.441 e. The number of ether oxygens (including phenoxy) is 1. The Kier molecular flexibility index (Phi) is 9.25. The van der Waals surface area contributed by atoms with Gasteiger partial charge in [-0.25, -0.2) is 8.42 Å². The molecule has 0 heterocycles. The van der Waals surface area contributed by atoms with Crippen molar-refractivity contribution >= 4 is 39.0 Å². The summed E-state index contributed by atoms with van der Waals surface area (Å²) >= 11 is 5.48. The quantitative estimate of drug-likeness (QED) is 0.276. The Morgan fingerprint density at radius 2 is 1.64 bits per heavy atom. The number of carbonyl (C=O) groups excluding carboxylic acids is 1. The Morgan fingerprint density at radius 3 is 2.18 bits per heavy atom. The first kappa shape index (κ1) is 26.6. The van der Waals surface area contributed by atoms with Gasteiger partial charge in [0.05, 0.1) is 17.7 Å². The van der Waals surface area contributed by atoms with Crippen molar-refractivity contribution in [2.75, 3.05) is 11.0 Å². The molecule has 0 spiro atoms. The number of sulfonamides is 1. The summed E-state index contributed by atoms with van der Waals surface area (Å²) in [7, 11) is -3.33. The Hall–Kier alpha value is -2.65.